The number of sulfone groups is 1. The lowest BCUT2D eigenvalue weighted by atomic mass is 10.1. The van der Waals surface area contributed by atoms with Gasteiger partial charge in [-0.3, -0.25) is 0 Å². The Bertz CT molecular complexity index is 1190. The van der Waals surface area contributed by atoms with E-state index in [-0.39, 0.29) is 28.3 Å². The summed E-state index contributed by atoms with van der Waals surface area (Å²) in [4.78, 5) is 12.9. The summed E-state index contributed by atoms with van der Waals surface area (Å²) in [6.07, 6.45) is 4.34. The molecule has 1 aliphatic heterocycles. The Balaban J connectivity index is 1.61. The number of halogens is 1. The van der Waals surface area contributed by atoms with Crippen molar-refractivity contribution in [3.8, 4) is 11.4 Å². The van der Waals surface area contributed by atoms with Gasteiger partial charge in [0.1, 0.15) is 11.5 Å². The number of hydrogen-bond acceptors (Lipinski definition) is 8. The second kappa shape index (κ2) is 9.31. The van der Waals surface area contributed by atoms with Crippen molar-refractivity contribution in [3.05, 3.63) is 48.3 Å². The number of hydrogen-bond donors (Lipinski definition) is 2. The van der Waals surface area contributed by atoms with Gasteiger partial charge in [0.05, 0.1) is 35.3 Å². The molecule has 2 N–H and O–H groups in total. The molecule has 0 amide bonds. The van der Waals surface area contributed by atoms with Crippen LogP contribution < -0.4 is 5.32 Å². The topological polar surface area (TPSA) is 119 Å². The smallest absolute Gasteiger partial charge is 0.227 e. The molecule has 1 aromatic carbocycles. The number of aryl methyl sites for hydroxylation is 1. The fraction of sp³-hybridized carbons (Fsp3) is 0.381. The van der Waals surface area contributed by atoms with Crippen LogP contribution in [0.5, 0.6) is 0 Å². The second-order valence-electron chi connectivity index (χ2n) is 7.49. The molecule has 0 saturated carbocycles. The van der Waals surface area contributed by atoms with E-state index in [4.69, 9.17) is 9.84 Å². The Morgan fingerprint density at radius 3 is 2.59 bits per heavy atom. The summed E-state index contributed by atoms with van der Waals surface area (Å²) in [5.41, 5.74) is 1.25. The van der Waals surface area contributed by atoms with Crippen molar-refractivity contribution in [1.29, 1.82) is 0 Å². The predicted molar refractivity (Wildman–Crippen MR) is 116 cm³/mol. The van der Waals surface area contributed by atoms with Crippen LogP contribution >= 0.6 is 0 Å². The zero-order valence-electron chi connectivity index (χ0n) is 17.5. The number of benzene rings is 1. The van der Waals surface area contributed by atoms with Gasteiger partial charge in [0, 0.05) is 24.9 Å². The summed E-state index contributed by atoms with van der Waals surface area (Å²) in [6.45, 7) is 2.72. The maximum absolute atomic E-state index is 14.7. The van der Waals surface area contributed by atoms with Crippen molar-refractivity contribution in [1.82, 2.24) is 19.5 Å². The molecule has 9 nitrogen and oxygen atoms in total. The Labute approximate surface area is 185 Å². The lowest BCUT2D eigenvalue weighted by Gasteiger charge is -2.26. The minimum atomic E-state index is -3.54. The van der Waals surface area contributed by atoms with Crippen molar-refractivity contribution >= 4 is 21.5 Å². The van der Waals surface area contributed by atoms with Gasteiger partial charge < -0.3 is 19.7 Å². The molecule has 2 aromatic heterocycles. The molecule has 0 aliphatic carbocycles. The number of aromatic nitrogens is 4. The van der Waals surface area contributed by atoms with Crippen LogP contribution in [0.3, 0.4) is 0 Å². The largest absolute Gasteiger partial charge is 0.395 e. The Hall–Kier alpha value is -2.89. The van der Waals surface area contributed by atoms with Crippen LogP contribution in [-0.2, 0) is 14.6 Å². The lowest BCUT2D eigenvalue weighted by molar-refractivity contribution is 0.0694. The predicted octanol–water partition coefficient (Wildman–Crippen LogP) is 2.65. The number of ether oxygens (including phenoxy) is 1. The van der Waals surface area contributed by atoms with Crippen LogP contribution in [0.2, 0.25) is 0 Å². The number of nitrogens with zero attached hydrogens (tertiary/aromatic N) is 4. The van der Waals surface area contributed by atoms with E-state index in [2.05, 4.69) is 20.3 Å². The van der Waals surface area contributed by atoms with E-state index in [1.807, 2.05) is 11.5 Å². The molecule has 0 atom stereocenters. The molecule has 3 aromatic rings. The minimum absolute atomic E-state index is 0.105. The molecule has 0 bridgehead atoms. The van der Waals surface area contributed by atoms with Crippen LogP contribution in [0.4, 0.5) is 16.0 Å². The first kappa shape index (κ1) is 22.3. The van der Waals surface area contributed by atoms with Crippen LogP contribution in [-0.4, -0.2) is 58.6 Å². The number of aliphatic hydroxyl groups excluding tert-OH is 1. The Kier molecular flexibility index (Phi) is 6.49. The first-order chi connectivity index (χ1) is 15.4. The molecule has 170 valence electrons. The van der Waals surface area contributed by atoms with Gasteiger partial charge in [0.2, 0.25) is 5.95 Å². The van der Waals surface area contributed by atoms with Crippen molar-refractivity contribution < 1.29 is 22.7 Å². The first-order valence-electron chi connectivity index (χ1n) is 10.2. The SMILES string of the molecule is Cc1ncc(-c2nc(Nc3ccc(S(=O)(=O)CCO)cc3)ncc2F)n1C1CCOCC1. The van der Waals surface area contributed by atoms with E-state index in [0.29, 0.717) is 24.6 Å². The molecule has 1 aliphatic rings. The van der Waals surface area contributed by atoms with E-state index in [1.165, 1.54) is 12.1 Å². The molecule has 4 rings (SSSR count). The third-order valence-electron chi connectivity index (χ3n) is 5.35. The Morgan fingerprint density at radius 1 is 1.19 bits per heavy atom. The zero-order chi connectivity index (χ0) is 22.7. The normalized spacial score (nSPS) is 15.1. The lowest BCUT2D eigenvalue weighted by Crippen LogP contribution is -2.21. The third-order valence-corrected chi connectivity index (χ3v) is 7.06. The highest BCUT2D eigenvalue weighted by atomic mass is 32.2. The molecule has 0 spiro atoms. The summed E-state index contributed by atoms with van der Waals surface area (Å²) in [5.74, 6) is 0.0443. The fourth-order valence-electron chi connectivity index (χ4n) is 3.75. The average molecular weight is 462 g/mol. The van der Waals surface area contributed by atoms with Crippen molar-refractivity contribution in [3.63, 3.8) is 0 Å². The molecule has 0 unspecified atom stereocenters. The monoisotopic (exact) mass is 461 g/mol. The van der Waals surface area contributed by atoms with Gasteiger partial charge in [-0.15, -0.1) is 0 Å². The summed E-state index contributed by atoms with van der Waals surface area (Å²) < 4.78 is 46.2. The van der Waals surface area contributed by atoms with Gasteiger partial charge in [0.25, 0.3) is 0 Å². The molecular weight excluding hydrogens is 437 g/mol. The molecule has 1 saturated heterocycles. The highest BCUT2D eigenvalue weighted by Gasteiger charge is 2.23. The number of imidazole rings is 1. The molecule has 3 heterocycles. The quantitative estimate of drug-likeness (QED) is 0.551. The van der Waals surface area contributed by atoms with E-state index in [1.54, 1.807) is 18.3 Å². The van der Waals surface area contributed by atoms with Gasteiger partial charge in [-0.2, -0.15) is 0 Å². The fourth-order valence-corrected chi connectivity index (χ4v) is 4.78. The molecule has 32 heavy (non-hydrogen) atoms. The highest BCUT2D eigenvalue weighted by Crippen LogP contribution is 2.31. The number of aliphatic hydroxyl groups is 1. The van der Waals surface area contributed by atoms with Crippen LogP contribution in [0.15, 0.2) is 41.6 Å². The number of rotatable bonds is 7. The van der Waals surface area contributed by atoms with Gasteiger partial charge in [-0.05, 0) is 44.0 Å². The van der Waals surface area contributed by atoms with Crippen molar-refractivity contribution in [2.45, 2.75) is 30.7 Å². The minimum Gasteiger partial charge on any atom is -0.395 e. The number of nitrogens with one attached hydrogen (secondary N) is 1. The molecule has 1 fully saturated rings. The van der Waals surface area contributed by atoms with Gasteiger partial charge in [-0.1, -0.05) is 0 Å². The second-order valence-corrected chi connectivity index (χ2v) is 9.60. The molecule has 0 radical (unpaired) electrons. The molecule has 11 heteroatoms. The summed E-state index contributed by atoms with van der Waals surface area (Å²) in [6, 6.07) is 6.14. The maximum atomic E-state index is 14.7. The number of anilines is 2. The van der Waals surface area contributed by atoms with Crippen molar-refractivity contribution in [2.75, 3.05) is 30.9 Å². The standard InChI is InChI=1S/C21H24FN5O4S/c1-14-23-13-19(27(14)16-6-9-31-10-7-16)20-18(22)12-24-21(26-20)25-15-2-4-17(5-3-15)32(29,30)11-8-28/h2-5,12-13,16,28H,6-11H2,1H3,(H,24,25,26). The average Bonchev–Trinajstić information content (AvgIpc) is 3.17. The molecular formula is C21H24FN5O4S. The summed E-state index contributed by atoms with van der Waals surface area (Å²) in [5, 5.41) is 11.9. The van der Waals surface area contributed by atoms with Gasteiger partial charge in [0.15, 0.2) is 15.7 Å². The van der Waals surface area contributed by atoms with E-state index >= 15 is 0 Å². The highest BCUT2D eigenvalue weighted by molar-refractivity contribution is 7.91. The van der Waals surface area contributed by atoms with E-state index in [9.17, 15) is 12.8 Å². The Morgan fingerprint density at radius 2 is 1.91 bits per heavy atom. The van der Waals surface area contributed by atoms with Crippen molar-refractivity contribution in [2.24, 2.45) is 0 Å². The maximum Gasteiger partial charge on any atom is 0.227 e. The summed E-state index contributed by atoms with van der Waals surface area (Å²) in [7, 11) is -3.54. The summed E-state index contributed by atoms with van der Waals surface area (Å²) >= 11 is 0. The third kappa shape index (κ3) is 4.64. The first-order valence-corrected chi connectivity index (χ1v) is 11.9. The van der Waals surface area contributed by atoms with Gasteiger partial charge in [-0.25, -0.2) is 27.8 Å². The van der Waals surface area contributed by atoms with Crippen LogP contribution in [0, 0.1) is 12.7 Å². The zero-order valence-corrected chi connectivity index (χ0v) is 18.3. The van der Waals surface area contributed by atoms with E-state index < -0.39 is 22.3 Å². The van der Waals surface area contributed by atoms with Gasteiger partial charge >= 0.3 is 0 Å². The van der Waals surface area contributed by atoms with Crippen LogP contribution in [0.1, 0.15) is 24.7 Å². The van der Waals surface area contributed by atoms with E-state index in [0.717, 1.165) is 24.9 Å². The van der Waals surface area contributed by atoms with Crippen LogP contribution in [0.25, 0.3) is 11.4 Å².